The fourth-order valence-electron chi connectivity index (χ4n) is 6.02. The van der Waals surface area contributed by atoms with Gasteiger partial charge in [0.1, 0.15) is 30.0 Å². The highest BCUT2D eigenvalue weighted by Crippen LogP contribution is 2.45. The van der Waals surface area contributed by atoms with Gasteiger partial charge in [0.25, 0.3) is 5.78 Å². The van der Waals surface area contributed by atoms with Crippen molar-refractivity contribution in [1.82, 2.24) is 4.98 Å². The molecule has 0 spiro atoms. The van der Waals surface area contributed by atoms with Gasteiger partial charge in [-0.1, -0.05) is 59.9 Å². The molecule has 2 unspecified atom stereocenters. The minimum absolute atomic E-state index is 0.0204. The molecular weight excluding hydrogens is 572 g/mol. The lowest BCUT2D eigenvalue weighted by Gasteiger charge is -2.23. The Bertz CT molecular complexity index is 1960. The normalized spacial score (nSPS) is 18.9. The maximum atomic E-state index is 13.8. The first-order valence-electron chi connectivity index (χ1n) is 14.5. The average molecular weight is 603 g/mol. The van der Waals surface area contributed by atoms with Crippen LogP contribution >= 0.6 is 11.3 Å². The van der Waals surface area contributed by atoms with Crippen LogP contribution in [0.4, 0.5) is 5.13 Å². The van der Waals surface area contributed by atoms with E-state index >= 15 is 0 Å². The number of aliphatic hydroxyl groups is 1. The third-order valence-corrected chi connectivity index (χ3v) is 9.08. The highest BCUT2D eigenvalue weighted by atomic mass is 32.1. The highest BCUT2D eigenvalue weighted by Gasteiger charge is 2.48. The van der Waals surface area contributed by atoms with Gasteiger partial charge in [-0.25, -0.2) is 4.98 Å². The zero-order valence-corrected chi connectivity index (χ0v) is 25.4. The number of fused-ring (bicyclic) bond motifs is 2. The first-order valence-corrected chi connectivity index (χ1v) is 15.3. The van der Waals surface area contributed by atoms with Gasteiger partial charge in [0, 0.05) is 12.0 Å². The minimum Gasteiger partial charge on any atom is -0.507 e. The van der Waals surface area contributed by atoms with Crippen LogP contribution in [0.3, 0.4) is 0 Å². The van der Waals surface area contributed by atoms with Gasteiger partial charge >= 0.3 is 5.91 Å². The summed E-state index contributed by atoms with van der Waals surface area (Å²) in [5, 5.41) is 12.1. The van der Waals surface area contributed by atoms with Gasteiger partial charge < -0.3 is 14.6 Å². The predicted molar refractivity (Wildman–Crippen MR) is 171 cm³/mol. The number of ketones is 1. The van der Waals surface area contributed by atoms with Crippen molar-refractivity contribution in [2.75, 3.05) is 4.90 Å². The Kier molecular flexibility index (Phi) is 6.94. The topological polar surface area (TPSA) is 89.0 Å². The monoisotopic (exact) mass is 602 g/mol. The zero-order valence-electron chi connectivity index (χ0n) is 24.5. The second-order valence-electron chi connectivity index (χ2n) is 11.4. The van der Waals surface area contributed by atoms with Crippen molar-refractivity contribution in [3.63, 3.8) is 0 Å². The van der Waals surface area contributed by atoms with E-state index in [1.54, 1.807) is 12.1 Å². The van der Waals surface area contributed by atoms with E-state index in [0.29, 0.717) is 35.0 Å². The number of aromatic nitrogens is 1. The molecule has 1 saturated heterocycles. The van der Waals surface area contributed by atoms with Crippen LogP contribution in [0.2, 0.25) is 0 Å². The Morgan fingerprint density at radius 1 is 1.02 bits per heavy atom. The summed E-state index contributed by atoms with van der Waals surface area (Å²) in [5.41, 5.74) is 5.99. The summed E-state index contributed by atoms with van der Waals surface area (Å²) in [6.45, 7) is 6.39. The fraction of sp³-hybridized carbons (Fsp3) is 0.194. The number of amides is 1. The minimum atomic E-state index is -0.886. The number of thiazole rings is 1. The van der Waals surface area contributed by atoms with Crippen molar-refractivity contribution in [1.29, 1.82) is 0 Å². The Hall–Kier alpha value is -4.95. The summed E-state index contributed by atoms with van der Waals surface area (Å²) in [5.74, 6) is -0.303. The van der Waals surface area contributed by atoms with Crippen LogP contribution in [0, 0.1) is 13.8 Å². The quantitative estimate of drug-likeness (QED) is 0.123. The summed E-state index contributed by atoms with van der Waals surface area (Å²) >= 11 is 1.36. The number of aryl methyl sites for hydroxylation is 2. The van der Waals surface area contributed by atoms with E-state index < -0.39 is 17.7 Å². The molecule has 3 heterocycles. The molecule has 8 heteroatoms. The summed E-state index contributed by atoms with van der Waals surface area (Å²) < 4.78 is 12.7. The number of aliphatic hydroxyl groups excluding tert-OH is 1. The van der Waals surface area contributed by atoms with Crippen molar-refractivity contribution in [2.24, 2.45) is 0 Å². The van der Waals surface area contributed by atoms with Crippen LogP contribution in [-0.4, -0.2) is 27.9 Å². The molecule has 0 bridgehead atoms. The summed E-state index contributed by atoms with van der Waals surface area (Å²) in [6.07, 6.45) is 0.727. The van der Waals surface area contributed by atoms with Crippen LogP contribution < -0.4 is 14.4 Å². The van der Waals surface area contributed by atoms with Crippen LogP contribution in [0.5, 0.6) is 11.5 Å². The van der Waals surface area contributed by atoms with Gasteiger partial charge in [-0.15, -0.1) is 0 Å². The number of anilines is 1. The smallest absolute Gasteiger partial charge is 0.301 e. The molecule has 1 amide bonds. The van der Waals surface area contributed by atoms with E-state index in [1.807, 2.05) is 93.6 Å². The molecule has 0 aliphatic carbocycles. The molecule has 0 saturated carbocycles. The standard InChI is InChI=1S/C36H30N2O5S/c1-20-15-21(2)31-29(16-20)44-36(37-31)38-32(24-9-12-27(13-10-24)42-19-23-7-5-4-6-8-23)30(34(40)35(38)41)33(39)25-11-14-28-26(18-25)17-22(3)43-28/h4-16,18,22,32,39H,17,19H2,1-3H3/b33-30+. The summed E-state index contributed by atoms with van der Waals surface area (Å²) in [4.78, 5) is 33.8. The van der Waals surface area contributed by atoms with Gasteiger partial charge in [0.2, 0.25) is 0 Å². The molecule has 7 rings (SSSR count). The van der Waals surface area contributed by atoms with E-state index in [1.165, 1.54) is 16.2 Å². The molecule has 44 heavy (non-hydrogen) atoms. The second kappa shape index (κ2) is 11.0. The van der Waals surface area contributed by atoms with E-state index in [9.17, 15) is 14.7 Å². The van der Waals surface area contributed by atoms with E-state index in [0.717, 1.165) is 38.2 Å². The van der Waals surface area contributed by atoms with Crippen molar-refractivity contribution >= 4 is 44.1 Å². The number of ether oxygens (including phenoxy) is 2. The second-order valence-corrected chi connectivity index (χ2v) is 12.4. The first-order chi connectivity index (χ1) is 21.3. The maximum absolute atomic E-state index is 13.8. The largest absolute Gasteiger partial charge is 0.507 e. The molecular formula is C36H30N2O5S. The first kappa shape index (κ1) is 27.9. The molecule has 2 aliphatic rings. The number of hydrogen-bond acceptors (Lipinski definition) is 7. The van der Waals surface area contributed by atoms with Gasteiger partial charge in [-0.05, 0) is 85.0 Å². The SMILES string of the molecule is Cc1cc(C)c2nc(N3C(=O)C(=O)/C(=C(/O)c4ccc5c(c4)CC(C)O5)C3c3ccc(OCc4ccccc4)cc3)sc2c1. The number of nitrogens with zero attached hydrogens (tertiary/aromatic N) is 2. The molecule has 220 valence electrons. The Morgan fingerprint density at radius 3 is 2.57 bits per heavy atom. The molecule has 1 aromatic heterocycles. The number of Topliss-reactive ketones (excluding diaryl/α,β-unsaturated/α-hetero) is 1. The van der Waals surface area contributed by atoms with Crippen molar-refractivity contribution in [2.45, 2.75) is 45.9 Å². The molecule has 0 radical (unpaired) electrons. The third kappa shape index (κ3) is 4.91. The number of carbonyl (C=O) groups is 2. The lowest BCUT2D eigenvalue weighted by atomic mass is 9.94. The summed E-state index contributed by atoms with van der Waals surface area (Å²) in [6, 6.07) is 25.7. The van der Waals surface area contributed by atoms with Crippen molar-refractivity contribution in [3.8, 4) is 11.5 Å². The Morgan fingerprint density at radius 2 is 1.80 bits per heavy atom. The molecule has 7 nitrogen and oxygen atoms in total. The number of carbonyl (C=O) groups excluding carboxylic acids is 2. The number of benzene rings is 4. The van der Waals surface area contributed by atoms with Crippen LogP contribution in [0.25, 0.3) is 16.0 Å². The van der Waals surface area contributed by atoms with Gasteiger partial charge in [0.05, 0.1) is 21.8 Å². The van der Waals surface area contributed by atoms with Crippen molar-refractivity contribution in [3.05, 3.63) is 124 Å². The Labute approximate surface area is 259 Å². The molecule has 2 atom stereocenters. The van der Waals surface area contributed by atoms with Gasteiger partial charge in [0.15, 0.2) is 5.13 Å². The molecule has 2 aliphatic heterocycles. The van der Waals surface area contributed by atoms with E-state index in [2.05, 4.69) is 0 Å². The van der Waals surface area contributed by atoms with Crippen LogP contribution in [0.1, 0.15) is 46.3 Å². The molecule has 5 aromatic rings. The molecule has 4 aromatic carbocycles. The Balaban J connectivity index is 1.32. The van der Waals surface area contributed by atoms with Crippen LogP contribution in [0.15, 0.2) is 90.5 Å². The third-order valence-electron chi connectivity index (χ3n) is 8.08. The van der Waals surface area contributed by atoms with E-state index in [4.69, 9.17) is 14.5 Å². The van der Waals surface area contributed by atoms with Gasteiger partial charge in [-0.3, -0.25) is 14.5 Å². The van der Waals surface area contributed by atoms with Crippen molar-refractivity contribution < 1.29 is 24.2 Å². The molecule has 1 fully saturated rings. The van der Waals surface area contributed by atoms with Gasteiger partial charge in [-0.2, -0.15) is 0 Å². The highest BCUT2D eigenvalue weighted by molar-refractivity contribution is 7.22. The van der Waals surface area contributed by atoms with Crippen LogP contribution in [-0.2, 0) is 22.6 Å². The number of hydrogen-bond donors (Lipinski definition) is 1. The van der Waals surface area contributed by atoms with E-state index in [-0.39, 0.29) is 17.4 Å². The number of rotatable bonds is 6. The predicted octanol–water partition coefficient (Wildman–Crippen LogP) is 7.44. The average Bonchev–Trinajstić information content (AvgIpc) is 3.69. The summed E-state index contributed by atoms with van der Waals surface area (Å²) in [7, 11) is 0. The lowest BCUT2D eigenvalue weighted by Crippen LogP contribution is -2.29. The lowest BCUT2D eigenvalue weighted by molar-refractivity contribution is -0.132. The fourth-order valence-corrected chi connectivity index (χ4v) is 7.19. The maximum Gasteiger partial charge on any atom is 0.301 e. The molecule has 1 N–H and O–H groups in total. The zero-order chi connectivity index (χ0) is 30.5.